The van der Waals surface area contributed by atoms with Crippen LogP contribution in [-0.2, 0) is 4.79 Å². The first kappa shape index (κ1) is 18.7. The van der Waals surface area contributed by atoms with Crippen LogP contribution >= 0.6 is 0 Å². The van der Waals surface area contributed by atoms with Crippen LogP contribution in [0.2, 0.25) is 0 Å². The van der Waals surface area contributed by atoms with Crippen molar-refractivity contribution in [2.24, 2.45) is 0 Å². The first-order valence-electron chi connectivity index (χ1n) is 9.45. The molecule has 4 aromatic rings. The lowest BCUT2D eigenvalue weighted by molar-refractivity contribution is -0.123. The van der Waals surface area contributed by atoms with Crippen LogP contribution in [0.3, 0.4) is 0 Å². The van der Waals surface area contributed by atoms with Crippen molar-refractivity contribution in [3.8, 4) is 5.75 Å². The third kappa shape index (κ3) is 3.99. The first-order chi connectivity index (χ1) is 14.0. The Kier molecular flexibility index (Phi) is 5.04. The third-order valence-corrected chi connectivity index (χ3v) is 4.96. The van der Waals surface area contributed by atoms with Gasteiger partial charge in [0.1, 0.15) is 11.3 Å². The average Bonchev–Trinajstić information content (AvgIpc) is 2.71. The summed E-state index contributed by atoms with van der Waals surface area (Å²) in [5.74, 6) is 0.246. The summed E-state index contributed by atoms with van der Waals surface area (Å²) < 4.78 is 10.8. The predicted octanol–water partition coefficient (Wildman–Crippen LogP) is 4.51. The van der Waals surface area contributed by atoms with E-state index in [4.69, 9.17) is 9.15 Å². The number of carbonyl (C=O) groups excluding carboxylic acids is 1. The molecule has 0 spiro atoms. The molecule has 0 saturated carbocycles. The van der Waals surface area contributed by atoms with Crippen molar-refractivity contribution in [1.29, 1.82) is 0 Å². The molecule has 0 fully saturated rings. The largest absolute Gasteiger partial charge is 0.484 e. The highest BCUT2D eigenvalue weighted by atomic mass is 16.5. The van der Waals surface area contributed by atoms with E-state index < -0.39 is 5.63 Å². The third-order valence-electron chi connectivity index (χ3n) is 4.96. The molecule has 0 saturated heterocycles. The second kappa shape index (κ2) is 7.80. The summed E-state index contributed by atoms with van der Waals surface area (Å²) in [6.45, 7) is 3.67. The molecule has 1 N–H and O–H groups in total. The molecule has 29 heavy (non-hydrogen) atoms. The lowest BCUT2D eigenvalue weighted by atomic mass is 10.00. The Hall–Kier alpha value is -3.60. The number of hydrogen-bond donors (Lipinski definition) is 1. The zero-order valence-corrected chi connectivity index (χ0v) is 16.3. The van der Waals surface area contributed by atoms with E-state index in [1.807, 2.05) is 44.2 Å². The van der Waals surface area contributed by atoms with Crippen molar-refractivity contribution < 1.29 is 13.9 Å². The topological polar surface area (TPSA) is 68.5 Å². The average molecular weight is 387 g/mol. The minimum Gasteiger partial charge on any atom is -0.484 e. The normalized spacial score (nSPS) is 12.1. The van der Waals surface area contributed by atoms with Crippen molar-refractivity contribution in [3.05, 3.63) is 88.3 Å². The van der Waals surface area contributed by atoms with E-state index in [-0.39, 0.29) is 18.6 Å². The summed E-state index contributed by atoms with van der Waals surface area (Å²) in [6.07, 6.45) is 0. The van der Waals surface area contributed by atoms with Gasteiger partial charge in [-0.05, 0) is 47.9 Å². The van der Waals surface area contributed by atoms with Crippen LogP contribution in [-0.4, -0.2) is 12.5 Å². The van der Waals surface area contributed by atoms with E-state index in [1.165, 1.54) is 6.07 Å². The lowest BCUT2D eigenvalue weighted by Gasteiger charge is -2.17. The van der Waals surface area contributed by atoms with Crippen LogP contribution in [0.1, 0.15) is 24.1 Å². The number of ether oxygens (including phenoxy) is 1. The number of benzene rings is 3. The SMILES string of the molecule is Cc1cc(=O)oc2cc(OCC(=O)NC(C)c3cccc4ccccc34)ccc12. The maximum absolute atomic E-state index is 12.4. The van der Waals surface area contributed by atoms with Crippen molar-refractivity contribution in [2.75, 3.05) is 6.61 Å². The van der Waals surface area contributed by atoms with Crippen LogP contribution in [0.5, 0.6) is 5.75 Å². The van der Waals surface area contributed by atoms with Crippen molar-refractivity contribution in [3.63, 3.8) is 0 Å². The minimum absolute atomic E-state index is 0.128. The predicted molar refractivity (Wildman–Crippen MR) is 113 cm³/mol. The van der Waals surface area contributed by atoms with E-state index in [0.29, 0.717) is 11.3 Å². The van der Waals surface area contributed by atoms with Crippen molar-refractivity contribution in [1.82, 2.24) is 5.32 Å². The van der Waals surface area contributed by atoms with E-state index in [1.54, 1.807) is 12.1 Å². The molecule has 1 heterocycles. The highest BCUT2D eigenvalue weighted by Gasteiger charge is 2.13. The Balaban J connectivity index is 1.45. The van der Waals surface area contributed by atoms with Gasteiger partial charge in [-0.25, -0.2) is 4.79 Å². The van der Waals surface area contributed by atoms with Gasteiger partial charge in [-0.1, -0.05) is 42.5 Å². The zero-order chi connectivity index (χ0) is 20.4. The molecule has 5 heteroatoms. The Bertz CT molecular complexity index is 1250. The van der Waals surface area contributed by atoms with Gasteiger partial charge in [0.15, 0.2) is 6.61 Å². The van der Waals surface area contributed by atoms with Gasteiger partial charge < -0.3 is 14.5 Å². The molecular weight excluding hydrogens is 366 g/mol. The molecule has 4 rings (SSSR count). The molecule has 0 aliphatic carbocycles. The van der Waals surface area contributed by atoms with Gasteiger partial charge in [0, 0.05) is 17.5 Å². The monoisotopic (exact) mass is 387 g/mol. The van der Waals surface area contributed by atoms with Gasteiger partial charge >= 0.3 is 5.63 Å². The van der Waals surface area contributed by atoms with Gasteiger partial charge in [0.2, 0.25) is 0 Å². The summed E-state index contributed by atoms with van der Waals surface area (Å²) in [4.78, 5) is 24.0. The Labute approximate surface area is 167 Å². The quantitative estimate of drug-likeness (QED) is 0.512. The summed E-state index contributed by atoms with van der Waals surface area (Å²) in [5, 5.41) is 6.06. The Morgan fingerprint density at radius 2 is 1.83 bits per heavy atom. The molecule has 1 atom stereocenters. The standard InChI is InChI=1S/C24H21NO4/c1-15-12-24(27)29-22-13-18(10-11-19(15)22)28-14-23(26)25-16(2)20-9-5-7-17-6-3-4-8-21(17)20/h3-13,16H,14H2,1-2H3,(H,25,26). The second-order valence-electron chi connectivity index (χ2n) is 7.05. The first-order valence-corrected chi connectivity index (χ1v) is 9.45. The summed E-state index contributed by atoms with van der Waals surface area (Å²) in [7, 11) is 0. The molecule has 0 radical (unpaired) electrons. The Morgan fingerprint density at radius 1 is 1.03 bits per heavy atom. The molecule has 1 aromatic heterocycles. The number of nitrogens with one attached hydrogen (secondary N) is 1. The van der Waals surface area contributed by atoms with Crippen molar-refractivity contribution in [2.45, 2.75) is 19.9 Å². The maximum Gasteiger partial charge on any atom is 0.336 e. The number of amides is 1. The van der Waals surface area contributed by atoms with E-state index in [9.17, 15) is 9.59 Å². The number of fused-ring (bicyclic) bond motifs is 2. The van der Waals surface area contributed by atoms with E-state index >= 15 is 0 Å². The van der Waals surface area contributed by atoms with Gasteiger partial charge in [-0.2, -0.15) is 0 Å². The molecule has 0 bridgehead atoms. The lowest BCUT2D eigenvalue weighted by Crippen LogP contribution is -2.31. The van der Waals surface area contributed by atoms with Crippen LogP contribution in [0.25, 0.3) is 21.7 Å². The van der Waals surface area contributed by atoms with Crippen LogP contribution in [0.4, 0.5) is 0 Å². The fourth-order valence-corrected chi connectivity index (χ4v) is 3.53. The smallest absolute Gasteiger partial charge is 0.336 e. The number of carbonyl (C=O) groups is 1. The molecule has 0 aliphatic rings. The summed E-state index contributed by atoms with van der Waals surface area (Å²) in [6, 6.07) is 20.6. The molecule has 0 aliphatic heterocycles. The zero-order valence-electron chi connectivity index (χ0n) is 16.3. The summed E-state index contributed by atoms with van der Waals surface area (Å²) in [5.41, 5.74) is 1.93. The van der Waals surface area contributed by atoms with Crippen molar-refractivity contribution >= 4 is 27.6 Å². The van der Waals surface area contributed by atoms with E-state index in [0.717, 1.165) is 27.3 Å². The molecular formula is C24H21NO4. The highest BCUT2D eigenvalue weighted by Crippen LogP contribution is 2.24. The molecule has 5 nitrogen and oxygen atoms in total. The molecule has 3 aromatic carbocycles. The van der Waals surface area contributed by atoms with Gasteiger partial charge in [-0.3, -0.25) is 4.79 Å². The minimum atomic E-state index is -0.409. The fourth-order valence-electron chi connectivity index (χ4n) is 3.53. The van der Waals surface area contributed by atoms with E-state index in [2.05, 4.69) is 23.5 Å². The highest BCUT2D eigenvalue weighted by molar-refractivity contribution is 5.87. The van der Waals surface area contributed by atoms with Crippen LogP contribution in [0, 0.1) is 6.92 Å². The number of aryl methyl sites for hydroxylation is 1. The molecule has 1 amide bonds. The van der Waals surface area contributed by atoms with Crippen LogP contribution in [0.15, 0.2) is 75.9 Å². The molecule has 1 unspecified atom stereocenters. The van der Waals surface area contributed by atoms with Gasteiger partial charge in [-0.15, -0.1) is 0 Å². The molecule has 146 valence electrons. The maximum atomic E-state index is 12.4. The van der Waals surface area contributed by atoms with Gasteiger partial charge in [0.05, 0.1) is 6.04 Å². The van der Waals surface area contributed by atoms with Gasteiger partial charge in [0.25, 0.3) is 5.91 Å². The number of hydrogen-bond acceptors (Lipinski definition) is 4. The Morgan fingerprint density at radius 3 is 2.69 bits per heavy atom. The van der Waals surface area contributed by atoms with Crippen LogP contribution < -0.4 is 15.7 Å². The number of rotatable bonds is 5. The summed E-state index contributed by atoms with van der Waals surface area (Å²) >= 11 is 0. The second-order valence-corrected chi connectivity index (χ2v) is 7.05. The fraction of sp³-hybridized carbons (Fsp3) is 0.167.